The molecule has 0 unspecified atom stereocenters. The molecule has 1 N–H and O–H groups in total. The van der Waals surface area contributed by atoms with Crippen LogP contribution in [0.3, 0.4) is 0 Å². The minimum Gasteiger partial charge on any atom is -0.497 e. The van der Waals surface area contributed by atoms with Crippen molar-refractivity contribution in [2.24, 2.45) is 0 Å². The summed E-state index contributed by atoms with van der Waals surface area (Å²) in [6.07, 6.45) is 1.59. The van der Waals surface area contributed by atoms with Crippen molar-refractivity contribution in [1.29, 1.82) is 0 Å². The van der Waals surface area contributed by atoms with Gasteiger partial charge in [-0.3, -0.25) is 4.79 Å². The molecular weight excluding hydrogens is 451 g/mol. The number of nitrogens with one attached hydrogen (secondary N) is 1. The van der Waals surface area contributed by atoms with Crippen LogP contribution in [0.25, 0.3) is 22.8 Å². The molecule has 0 bridgehead atoms. The maximum atomic E-state index is 13.0. The fraction of sp³-hybridized carbons (Fsp3) is 0.0833. The van der Waals surface area contributed by atoms with Gasteiger partial charge in [0.2, 0.25) is 5.89 Å². The van der Waals surface area contributed by atoms with Gasteiger partial charge >= 0.3 is 0 Å². The topological polar surface area (TPSA) is 73.6 Å². The summed E-state index contributed by atoms with van der Waals surface area (Å²) >= 11 is 12.1. The zero-order valence-electron chi connectivity index (χ0n) is 17.2. The molecule has 8 heteroatoms. The first kappa shape index (κ1) is 21.7. The molecule has 0 spiro atoms. The van der Waals surface area contributed by atoms with Crippen molar-refractivity contribution in [3.63, 3.8) is 0 Å². The van der Waals surface area contributed by atoms with Gasteiger partial charge in [-0.1, -0.05) is 35.3 Å². The number of ether oxygens (including phenoxy) is 2. The lowest BCUT2D eigenvalue weighted by molar-refractivity contribution is 0.102. The van der Waals surface area contributed by atoms with Gasteiger partial charge in [0, 0.05) is 16.7 Å². The lowest BCUT2D eigenvalue weighted by atomic mass is 10.1. The van der Waals surface area contributed by atoms with Crippen LogP contribution in [0.2, 0.25) is 10.0 Å². The first-order valence-electron chi connectivity index (χ1n) is 9.54. The minimum atomic E-state index is -0.355. The van der Waals surface area contributed by atoms with E-state index in [4.69, 9.17) is 37.1 Å². The summed E-state index contributed by atoms with van der Waals surface area (Å²) in [5.74, 6) is 1.68. The van der Waals surface area contributed by atoms with Gasteiger partial charge in [0.1, 0.15) is 11.5 Å². The number of carbonyl (C=O) groups excluding carboxylic acids is 1. The Morgan fingerprint density at radius 2 is 1.78 bits per heavy atom. The Kier molecular flexibility index (Phi) is 6.35. The maximum absolute atomic E-state index is 13.0. The molecule has 4 rings (SSSR count). The third-order valence-corrected chi connectivity index (χ3v) is 5.31. The Labute approximate surface area is 194 Å². The van der Waals surface area contributed by atoms with E-state index in [1.807, 2.05) is 6.07 Å². The Morgan fingerprint density at radius 1 is 0.969 bits per heavy atom. The van der Waals surface area contributed by atoms with Crippen molar-refractivity contribution in [2.45, 2.75) is 0 Å². The molecule has 0 atom stereocenters. The molecule has 0 fully saturated rings. The highest BCUT2D eigenvalue weighted by molar-refractivity contribution is 6.36. The van der Waals surface area contributed by atoms with Crippen LogP contribution in [0.1, 0.15) is 10.4 Å². The molecule has 0 radical (unpaired) electrons. The Balaban J connectivity index is 1.67. The van der Waals surface area contributed by atoms with Crippen LogP contribution < -0.4 is 14.8 Å². The number of methoxy groups -OCH3 is 2. The zero-order valence-corrected chi connectivity index (χ0v) is 18.7. The molecule has 0 aliphatic heterocycles. The van der Waals surface area contributed by atoms with Crippen molar-refractivity contribution >= 4 is 34.8 Å². The average molecular weight is 469 g/mol. The van der Waals surface area contributed by atoms with Gasteiger partial charge in [0.05, 0.1) is 42.3 Å². The maximum Gasteiger partial charge on any atom is 0.256 e. The number of anilines is 1. The molecule has 162 valence electrons. The van der Waals surface area contributed by atoms with Gasteiger partial charge in [-0.25, -0.2) is 4.98 Å². The minimum absolute atomic E-state index is 0.297. The summed E-state index contributed by atoms with van der Waals surface area (Å²) in [6.45, 7) is 0. The van der Waals surface area contributed by atoms with E-state index in [0.717, 1.165) is 0 Å². The number of hydrogen-bond donors (Lipinski definition) is 1. The molecule has 6 nitrogen and oxygen atoms in total. The number of halogens is 2. The summed E-state index contributed by atoms with van der Waals surface area (Å²) in [6, 6.07) is 17.3. The fourth-order valence-corrected chi connectivity index (χ4v) is 3.63. The number of carbonyl (C=O) groups is 1. The predicted octanol–water partition coefficient (Wildman–Crippen LogP) is 6.58. The molecule has 0 saturated carbocycles. The van der Waals surface area contributed by atoms with Crippen LogP contribution in [0.5, 0.6) is 11.5 Å². The van der Waals surface area contributed by atoms with Gasteiger partial charge in [-0.2, -0.15) is 0 Å². The summed E-state index contributed by atoms with van der Waals surface area (Å²) in [5, 5.41) is 3.62. The molecule has 0 aliphatic rings. The second-order valence-electron chi connectivity index (χ2n) is 6.72. The Bertz CT molecular complexity index is 1290. The predicted molar refractivity (Wildman–Crippen MR) is 125 cm³/mol. The lowest BCUT2D eigenvalue weighted by Gasteiger charge is -2.10. The number of hydrogen-bond acceptors (Lipinski definition) is 5. The summed E-state index contributed by atoms with van der Waals surface area (Å²) in [4.78, 5) is 17.4. The molecule has 1 heterocycles. The van der Waals surface area contributed by atoms with Crippen molar-refractivity contribution in [3.8, 4) is 34.3 Å². The molecule has 0 aliphatic carbocycles. The number of amides is 1. The third-order valence-electron chi connectivity index (χ3n) is 4.76. The molecule has 3 aromatic carbocycles. The van der Waals surface area contributed by atoms with Crippen LogP contribution in [-0.2, 0) is 0 Å². The smallest absolute Gasteiger partial charge is 0.256 e. The van der Waals surface area contributed by atoms with Gasteiger partial charge in [0.25, 0.3) is 5.91 Å². The van der Waals surface area contributed by atoms with Crippen LogP contribution >= 0.6 is 23.2 Å². The second kappa shape index (κ2) is 9.34. The van der Waals surface area contributed by atoms with Crippen molar-refractivity contribution in [1.82, 2.24) is 4.98 Å². The first-order chi connectivity index (χ1) is 15.5. The largest absolute Gasteiger partial charge is 0.497 e. The van der Waals surface area contributed by atoms with Gasteiger partial charge in [0.15, 0.2) is 5.76 Å². The molecule has 1 aromatic heterocycles. The Hall–Kier alpha value is -3.48. The molecule has 1 amide bonds. The highest BCUT2D eigenvalue weighted by Gasteiger charge is 2.19. The molecule has 0 saturated heterocycles. The Morgan fingerprint density at radius 3 is 2.53 bits per heavy atom. The highest BCUT2D eigenvalue weighted by atomic mass is 35.5. The van der Waals surface area contributed by atoms with E-state index >= 15 is 0 Å². The summed E-state index contributed by atoms with van der Waals surface area (Å²) in [5.41, 5.74) is 2.08. The van der Waals surface area contributed by atoms with Crippen LogP contribution in [0, 0.1) is 0 Å². The van der Waals surface area contributed by atoms with Crippen molar-refractivity contribution < 1.29 is 18.7 Å². The summed E-state index contributed by atoms with van der Waals surface area (Å²) in [7, 11) is 3.15. The molecule has 32 heavy (non-hydrogen) atoms. The first-order valence-corrected chi connectivity index (χ1v) is 10.3. The number of aromatic nitrogens is 1. The quantitative estimate of drug-likeness (QED) is 0.345. The fourth-order valence-electron chi connectivity index (χ4n) is 3.17. The van der Waals surface area contributed by atoms with E-state index in [0.29, 0.717) is 55.6 Å². The van der Waals surface area contributed by atoms with E-state index in [-0.39, 0.29) is 5.91 Å². The highest BCUT2D eigenvalue weighted by Crippen LogP contribution is 2.36. The van der Waals surface area contributed by atoms with Crippen molar-refractivity contribution in [3.05, 3.63) is 82.5 Å². The zero-order chi connectivity index (χ0) is 22.7. The van der Waals surface area contributed by atoms with Gasteiger partial charge in [-0.05, 0) is 42.5 Å². The van der Waals surface area contributed by atoms with Crippen molar-refractivity contribution in [2.75, 3.05) is 19.5 Å². The number of oxazole rings is 1. The van der Waals surface area contributed by atoms with E-state index in [9.17, 15) is 4.79 Å². The lowest BCUT2D eigenvalue weighted by Crippen LogP contribution is -2.13. The van der Waals surface area contributed by atoms with E-state index < -0.39 is 0 Å². The van der Waals surface area contributed by atoms with Crippen LogP contribution in [-0.4, -0.2) is 25.1 Å². The number of rotatable bonds is 6. The normalized spacial score (nSPS) is 10.6. The SMILES string of the molecule is COc1ccc(-c2cnc(-c3ccccc3C(=O)Nc3ccc(Cl)cc3Cl)o2)c(OC)c1. The molecular formula is C24H18Cl2N2O4. The van der Waals surface area contributed by atoms with Crippen LogP contribution in [0.4, 0.5) is 5.69 Å². The standard InChI is InChI=1S/C24H18Cl2N2O4/c1-30-15-8-9-18(21(12-15)31-2)22-13-27-24(32-22)17-6-4-3-5-16(17)23(29)28-20-10-7-14(25)11-19(20)26/h3-13H,1-2H3,(H,28,29). The summed E-state index contributed by atoms with van der Waals surface area (Å²) < 4.78 is 16.7. The number of benzene rings is 3. The number of nitrogens with zero attached hydrogens (tertiary/aromatic N) is 1. The average Bonchev–Trinajstić information content (AvgIpc) is 3.30. The van der Waals surface area contributed by atoms with E-state index in [1.54, 1.807) is 75.0 Å². The van der Waals surface area contributed by atoms with Gasteiger partial charge < -0.3 is 19.2 Å². The van der Waals surface area contributed by atoms with Crippen LogP contribution in [0.15, 0.2) is 71.3 Å². The third kappa shape index (κ3) is 4.42. The van der Waals surface area contributed by atoms with E-state index in [1.165, 1.54) is 0 Å². The van der Waals surface area contributed by atoms with E-state index in [2.05, 4.69) is 10.3 Å². The second-order valence-corrected chi connectivity index (χ2v) is 7.56. The molecule has 4 aromatic rings. The monoisotopic (exact) mass is 468 g/mol. The van der Waals surface area contributed by atoms with Gasteiger partial charge in [-0.15, -0.1) is 0 Å².